The SMILES string of the molecule is CCSC(=NCc1ccccc1)NC.Cl. The second-order valence-electron chi connectivity index (χ2n) is 2.79. The number of hydrogen-bond acceptors (Lipinski definition) is 2. The molecule has 4 heteroatoms. The highest BCUT2D eigenvalue weighted by Crippen LogP contribution is 2.04. The van der Waals surface area contributed by atoms with Crippen LogP contribution in [0.3, 0.4) is 0 Å². The van der Waals surface area contributed by atoms with Crippen molar-refractivity contribution in [2.24, 2.45) is 4.99 Å². The monoisotopic (exact) mass is 244 g/mol. The molecule has 0 spiro atoms. The summed E-state index contributed by atoms with van der Waals surface area (Å²) in [6.45, 7) is 2.88. The van der Waals surface area contributed by atoms with Crippen LogP contribution in [0.2, 0.25) is 0 Å². The minimum atomic E-state index is 0. The van der Waals surface area contributed by atoms with E-state index in [2.05, 4.69) is 29.4 Å². The van der Waals surface area contributed by atoms with E-state index in [1.54, 1.807) is 11.8 Å². The van der Waals surface area contributed by atoms with Crippen LogP contribution in [0.5, 0.6) is 0 Å². The predicted molar refractivity (Wildman–Crippen MR) is 72.0 cm³/mol. The molecule has 0 amide bonds. The number of thioether (sulfide) groups is 1. The summed E-state index contributed by atoms with van der Waals surface area (Å²) >= 11 is 1.73. The molecule has 84 valence electrons. The van der Waals surface area contributed by atoms with E-state index in [0.29, 0.717) is 0 Å². The molecule has 0 aromatic heterocycles. The van der Waals surface area contributed by atoms with Crippen molar-refractivity contribution in [1.29, 1.82) is 0 Å². The summed E-state index contributed by atoms with van der Waals surface area (Å²) in [5, 5.41) is 4.10. The van der Waals surface area contributed by atoms with Gasteiger partial charge in [-0.2, -0.15) is 0 Å². The zero-order valence-electron chi connectivity index (χ0n) is 9.06. The van der Waals surface area contributed by atoms with E-state index in [-0.39, 0.29) is 12.4 Å². The Labute approximate surface area is 102 Å². The fourth-order valence-corrected chi connectivity index (χ4v) is 1.65. The summed E-state index contributed by atoms with van der Waals surface area (Å²) in [5.41, 5.74) is 1.25. The standard InChI is InChI=1S/C11H16N2S.ClH/c1-3-14-11(12-2)13-9-10-7-5-4-6-8-10;/h4-8H,3,9H2,1-2H3,(H,12,13);1H. The van der Waals surface area contributed by atoms with Crippen molar-refractivity contribution in [3.05, 3.63) is 35.9 Å². The summed E-state index contributed by atoms with van der Waals surface area (Å²) in [5.74, 6) is 1.05. The van der Waals surface area contributed by atoms with Crippen molar-refractivity contribution in [3.63, 3.8) is 0 Å². The van der Waals surface area contributed by atoms with E-state index in [1.807, 2.05) is 25.2 Å². The quantitative estimate of drug-likeness (QED) is 0.653. The first kappa shape index (κ1) is 14.3. The topological polar surface area (TPSA) is 24.4 Å². The fraction of sp³-hybridized carbons (Fsp3) is 0.364. The maximum Gasteiger partial charge on any atom is 0.156 e. The largest absolute Gasteiger partial charge is 0.368 e. The van der Waals surface area contributed by atoms with Crippen molar-refractivity contribution in [1.82, 2.24) is 5.32 Å². The number of benzene rings is 1. The molecule has 0 aliphatic carbocycles. The van der Waals surface area contributed by atoms with E-state index in [1.165, 1.54) is 5.56 Å². The molecule has 0 aliphatic heterocycles. The van der Waals surface area contributed by atoms with Gasteiger partial charge in [0.25, 0.3) is 0 Å². The molecule has 1 rings (SSSR count). The van der Waals surface area contributed by atoms with E-state index >= 15 is 0 Å². The molecule has 0 heterocycles. The third kappa shape index (κ3) is 5.70. The van der Waals surface area contributed by atoms with Crippen molar-refractivity contribution < 1.29 is 0 Å². The molecule has 0 fully saturated rings. The summed E-state index contributed by atoms with van der Waals surface area (Å²) in [6, 6.07) is 10.3. The summed E-state index contributed by atoms with van der Waals surface area (Å²) < 4.78 is 0. The van der Waals surface area contributed by atoms with Gasteiger partial charge in [0, 0.05) is 7.05 Å². The molecular weight excluding hydrogens is 228 g/mol. The van der Waals surface area contributed by atoms with E-state index < -0.39 is 0 Å². The molecule has 0 bridgehead atoms. The molecule has 1 aromatic rings. The third-order valence-electron chi connectivity index (χ3n) is 1.74. The van der Waals surface area contributed by atoms with Crippen LogP contribution in [0.25, 0.3) is 0 Å². The minimum absolute atomic E-state index is 0. The van der Waals surface area contributed by atoms with Gasteiger partial charge in [-0.15, -0.1) is 12.4 Å². The number of aliphatic imine (C=N–C) groups is 1. The van der Waals surface area contributed by atoms with Gasteiger partial charge in [-0.25, -0.2) is 0 Å². The molecule has 1 aromatic carbocycles. The molecule has 0 aliphatic rings. The van der Waals surface area contributed by atoms with Crippen LogP contribution in [-0.4, -0.2) is 18.0 Å². The Bertz CT molecular complexity index is 288. The molecule has 0 atom stereocenters. The van der Waals surface area contributed by atoms with E-state index in [0.717, 1.165) is 17.5 Å². The highest BCUT2D eigenvalue weighted by atomic mass is 35.5. The van der Waals surface area contributed by atoms with Gasteiger partial charge in [-0.3, -0.25) is 4.99 Å². The zero-order chi connectivity index (χ0) is 10.2. The Kier molecular flexibility index (Phi) is 8.24. The normalized spacial score (nSPS) is 10.7. The first-order valence-corrected chi connectivity index (χ1v) is 5.74. The molecule has 0 radical (unpaired) electrons. The second-order valence-corrected chi connectivity index (χ2v) is 4.04. The van der Waals surface area contributed by atoms with Gasteiger partial charge < -0.3 is 5.32 Å². The van der Waals surface area contributed by atoms with Gasteiger partial charge in [0.05, 0.1) is 6.54 Å². The average Bonchev–Trinajstić information content (AvgIpc) is 2.25. The number of hydrogen-bond donors (Lipinski definition) is 1. The van der Waals surface area contributed by atoms with Crippen LogP contribution >= 0.6 is 24.2 Å². The highest BCUT2D eigenvalue weighted by molar-refractivity contribution is 8.13. The van der Waals surface area contributed by atoms with Gasteiger partial charge in [0.15, 0.2) is 5.17 Å². The van der Waals surface area contributed by atoms with E-state index in [9.17, 15) is 0 Å². The van der Waals surface area contributed by atoms with Gasteiger partial charge in [-0.1, -0.05) is 49.0 Å². The fourth-order valence-electron chi connectivity index (χ4n) is 1.08. The maximum absolute atomic E-state index is 4.47. The molecular formula is C11H17ClN2S. The van der Waals surface area contributed by atoms with Crippen LogP contribution in [0, 0.1) is 0 Å². The number of nitrogens with zero attached hydrogens (tertiary/aromatic N) is 1. The van der Waals surface area contributed by atoms with Crippen molar-refractivity contribution in [2.75, 3.05) is 12.8 Å². The van der Waals surface area contributed by atoms with Gasteiger partial charge in [-0.05, 0) is 11.3 Å². The number of halogens is 1. The Balaban J connectivity index is 0.00000196. The smallest absolute Gasteiger partial charge is 0.156 e. The van der Waals surface area contributed by atoms with Crippen LogP contribution < -0.4 is 5.32 Å². The average molecular weight is 245 g/mol. The van der Waals surface area contributed by atoms with Crippen LogP contribution in [0.15, 0.2) is 35.3 Å². The predicted octanol–water partition coefficient (Wildman–Crippen LogP) is 2.94. The lowest BCUT2D eigenvalue weighted by Gasteiger charge is -2.03. The molecule has 15 heavy (non-hydrogen) atoms. The molecule has 2 nitrogen and oxygen atoms in total. The first-order chi connectivity index (χ1) is 6.86. The Morgan fingerprint density at radius 3 is 2.53 bits per heavy atom. The minimum Gasteiger partial charge on any atom is -0.368 e. The van der Waals surface area contributed by atoms with Crippen molar-refractivity contribution in [3.8, 4) is 0 Å². The Morgan fingerprint density at radius 2 is 2.00 bits per heavy atom. The maximum atomic E-state index is 4.47. The molecule has 0 saturated heterocycles. The molecule has 0 saturated carbocycles. The molecule has 1 N–H and O–H groups in total. The second kappa shape index (κ2) is 8.62. The van der Waals surface area contributed by atoms with Crippen molar-refractivity contribution >= 4 is 29.3 Å². The summed E-state index contributed by atoms with van der Waals surface area (Å²) in [4.78, 5) is 4.47. The van der Waals surface area contributed by atoms with Crippen molar-refractivity contribution in [2.45, 2.75) is 13.5 Å². The number of nitrogens with one attached hydrogen (secondary N) is 1. The van der Waals surface area contributed by atoms with Crippen LogP contribution in [0.4, 0.5) is 0 Å². The number of amidine groups is 1. The highest BCUT2D eigenvalue weighted by Gasteiger charge is 1.94. The lowest BCUT2D eigenvalue weighted by atomic mass is 10.2. The van der Waals surface area contributed by atoms with Crippen LogP contribution in [-0.2, 0) is 6.54 Å². The Hall–Kier alpha value is -0.670. The summed E-state index contributed by atoms with van der Waals surface area (Å²) in [7, 11) is 1.91. The lowest BCUT2D eigenvalue weighted by molar-refractivity contribution is 1.04. The van der Waals surface area contributed by atoms with Gasteiger partial charge in [0.1, 0.15) is 0 Å². The lowest BCUT2D eigenvalue weighted by Crippen LogP contribution is -2.14. The Morgan fingerprint density at radius 1 is 1.33 bits per heavy atom. The van der Waals surface area contributed by atoms with Crippen LogP contribution in [0.1, 0.15) is 12.5 Å². The van der Waals surface area contributed by atoms with Gasteiger partial charge in [0.2, 0.25) is 0 Å². The zero-order valence-corrected chi connectivity index (χ0v) is 10.7. The van der Waals surface area contributed by atoms with Gasteiger partial charge >= 0.3 is 0 Å². The first-order valence-electron chi connectivity index (χ1n) is 4.75. The number of rotatable bonds is 3. The molecule has 0 unspecified atom stereocenters. The van der Waals surface area contributed by atoms with E-state index in [4.69, 9.17) is 0 Å². The third-order valence-corrected chi connectivity index (χ3v) is 2.64. The summed E-state index contributed by atoms with van der Waals surface area (Å²) in [6.07, 6.45) is 0.